The second-order valence-electron chi connectivity index (χ2n) is 7.94. The number of rotatable bonds is 2. The number of carbonyl (C=O) groups is 1. The van der Waals surface area contributed by atoms with E-state index in [0.29, 0.717) is 53.2 Å². The van der Waals surface area contributed by atoms with Gasteiger partial charge in [0.25, 0.3) is 5.91 Å². The fraction of sp³-hybridized carbons (Fsp3) is 0.381. The monoisotopic (exact) mass is 411 g/mol. The van der Waals surface area contributed by atoms with E-state index in [1.807, 2.05) is 6.92 Å². The van der Waals surface area contributed by atoms with Gasteiger partial charge in [-0.3, -0.25) is 9.89 Å². The second kappa shape index (κ2) is 7.03. The van der Waals surface area contributed by atoms with Gasteiger partial charge in [0.2, 0.25) is 0 Å². The number of aromatic nitrogens is 3. The van der Waals surface area contributed by atoms with E-state index in [4.69, 9.17) is 4.74 Å². The molecule has 0 bridgehead atoms. The van der Waals surface area contributed by atoms with Crippen molar-refractivity contribution in [3.05, 3.63) is 41.3 Å². The van der Waals surface area contributed by atoms with E-state index in [1.54, 1.807) is 17.0 Å². The number of benzene rings is 1. The van der Waals surface area contributed by atoms with Gasteiger partial charge in [-0.05, 0) is 37.6 Å². The van der Waals surface area contributed by atoms with Crippen LogP contribution in [-0.4, -0.2) is 69.5 Å². The zero-order chi connectivity index (χ0) is 20.9. The van der Waals surface area contributed by atoms with Gasteiger partial charge in [-0.15, -0.1) is 0 Å². The molecule has 1 amide bonds. The number of nitrogens with one attached hydrogen (secondary N) is 2. The number of carbonyl (C=O) groups excluding carboxylic acids is 1. The number of aromatic hydroxyl groups is 1. The molecule has 0 radical (unpaired) electrons. The number of H-pyrrole nitrogens is 1. The van der Waals surface area contributed by atoms with E-state index >= 15 is 0 Å². The molecule has 30 heavy (non-hydrogen) atoms. The van der Waals surface area contributed by atoms with Gasteiger partial charge in [0.15, 0.2) is 17.2 Å². The van der Waals surface area contributed by atoms with Gasteiger partial charge in [-0.25, -0.2) is 9.37 Å². The van der Waals surface area contributed by atoms with Crippen molar-refractivity contribution in [2.45, 2.75) is 18.9 Å². The average Bonchev–Trinajstić information content (AvgIpc) is 3.33. The minimum absolute atomic E-state index is 0.126. The largest absolute Gasteiger partial charge is 0.505 e. The Hall–Kier alpha value is -3.04. The Morgan fingerprint density at radius 1 is 1.37 bits per heavy atom. The third kappa shape index (κ3) is 3.10. The number of amides is 1. The lowest BCUT2D eigenvalue weighted by molar-refractivity contribution is -0.0559. The van der Waals surface area contributed by atoms with Gasteiger partial charge >= 0.3 is 0 Å². The summed E-state index contributed by atoms with van der Waals surface area (Å²) in [6.45, 7) is 5.12. The number of likely N-dealkylation sites (tertiary alicyclic amines) is 1. The molecular weight excluding hydrogens is 389 g/mol. The quantitative estimate of drug-likeness (QED) is 0.596. The van der Waals surface area contributed by atoms with Crippen LogP contribution in [0.1, 0.15) is 22.5 Å². The minimum atomic E-state index is -0.744. The van der Waals surface area contributed by atoms with Gasteiger partial charge in [-0.1, -0.05) is 0 Å². The van der Waals surface area contributed by atoms with Crippen molar-refractivity contribution < 1.29 is 19.0 Å². The molecule has 8 nitrogen and oxygen atoms in total. The van der Waals surface area contributed by atoms with Crippen LogP contribution < -0.4 is 5.32 Å². The Balaban J connectivity index is 1.55. The van der Waals surface area contributed by atoms with Crippen molar-refractivity contribution in [3.63, 3.8) is 0 Å². The van der Waals surface area contributed by atoms with Gasteiger partial charge in [0, 0.05) is 25.2 Å². The predicted octanol–water partition coefficient (Wildman–Crippen LogP) is 1.98. The smallest absolute Gasteiger partial charge is 0.254 e. The summed E-state index contributed by atoms with van der Waals surface area (Å²) in [5.74, 6) is -1.30. The molecule has 156 valence electrons. The van der Waals surface area contributed by atoms with Gasteiger partial charge in [0.1, 0.15) is 0 Å². The molecule has 3 aromatic rings. The molecule has 1 spiro atoms. The van der Waals surface area contributed by atoms with Gasteiger partial charge in [-0.2, -0.15) is 5.10 Å². The molecule has 1 aromatic carbocycles. The molecule has 2 aliphatic rings. The van der Waals surface area contributed by atoms with Crippen molar-refractivity contribution in [3.8, 4) is 17.0 Å². The zero-order valence-corrected chi connectivity index (χ0v) is 16.5. The van der Waals surface area contributed by atoms with Gasteiger partial charge < -0.3 is 20.1 Å². The van der Waals surface area contributed by atoms with Crippen LogP contribution in [0.25, 0.3) is 22.3 Å². The van der Waals surface area contributed by atoms with Crippen LogP contribution in [0.15, 0.2) is 24.3 Å². The van der Waals surface area contributed by atoms with E-state index in [9.17, 15) is 14.3 Å². The Morgan fingerprint density at radius 3 is 3.00 bits per heavy atom. The SMILES string of the molecule is Cc1n[nH]c2nc(-c3ccc(O)c(F)c3)cc(C(=O)N3CCC4(CNCCO4)C3)c12. The Morgan fingerprint density at radius 2 is 2.23 bits per heavy atom. The normalized spacial score (nSPS) is 21.6. The summed E-state index contributed by atoms with van der Waals surface area (Å²) in [6, 6.07) is 5.71. The third-order valence-electron chi connectivity index (χ3n) is 5.92. The molecule has 1 unspecified atom stereocenters. The molecule has 2 aliphatic heterocycles. The topological polar surface area (TPSA) is 103 Å². The Kier molecular flexibility index (Phi) is 4.44. The molecule has 9 heteroatoms. The van der Waals surface area contributed by atoms with Crippen molar-refractivity contribution in [1.82, 2.24) is 25.4 Å². The number of halogens is 1. The highest BCUT2D eigenvalue weighted by Gasteiger charge is 2.42. The number of morpholine rings is 1. The first-order valence-corrected chi connectivity index (χ1v) is 9.94. The molecule has 2 aromatic heterocycles. The number of hydrogen-bond acceptors (Lipinski definition) is 6. The van der Waals surface area contributed by atoms with E-state index in [2.05, 4.69) is 20.5 Å². The van der Waals surface area contributed by atoms with Crippen molar-refractivity contribution in [2.75, 3.05) is 32.8 Å². The van der Waals surface area contributed by atoms with Crippen LogP contribution in [0, 0.1) is 12.7 Å². The minimum Gasteiger partial charge on any atom is -0.505 e. The Labute approximate surface area is 172 Å². The van der Waals surface area contributed by atoms with E-state index in [0.717, 1.165) is 19.5 Å². The lowest BCUT2D eigenvalue weighted by Gasteiger charge is -2.34. The maximum Gasteiger partial charge on any atom is 0.254 e. The highest BCUT2D eigenvalue weighted by Crippen LogP contribution is 2.32. The van der Waals surface area contributed by atoms with Crippen LogP contribution in [0.5, 0.6) is 5.75 Å². The maximum absolute atomic E-state index is 13.9. The van der Waals surface area contributed by atoms with Crippen LogP contribution >= 0.6 is 0 Å². The number of aryl methyl sites for hydroxylation is 1. The summed E-state index contributed by atoms with van der Waals surface area (Å²) in [4.78, 5) is 19.8. The van der Waals surface area contributed by atoms with Crippen LogP contribution in [-0.2, 0) is 4.74 Å². The number of phenols is 1. The first-order valence-electron chi connectivity index (χ1n) is 9.94. The number of aromatic amines is 1. The number of nitrogens with zero attached hydrogens (tertiary/aromatic N) is 3. The number of phenolic OH excluding ortho intramolecular Hbond substituents is 1. The predicted molar refractivity (Wildman–Crippen MR) is 108 cm³/mol. The number of pyridine rings is 1. The molecular formula is C21H22FN5O3. The maximum atomic E-state index is 13.9. The molecule has 0 aliphatic carbocycles. The molecule has 2 fully saturated rings. The summed E-state index contributed by atoms with van der Waals surface area (Å²) < 4.78 is 19.9. The number of ether oxygens (including phenoxy) is 1. The zero-order valence-electron chi connectivity index (χ0n) is 16.5. The lowest BCUT2D eigenvalue weighted by atomic mass is 10.0. The van der Waals surface area contributed by atoms with Crippen LogP contribution in [0.4, 0.5) is 4.39 Å². The summed E-state index contributed by atoms with van der Waals surface area (Å²) in [7, 11) is 0. The average molecular weight is 411 g/mol. The molecule has 5 rings (SSSR count). The summed E-state index contributed by atoms with van der Waals surface area (Å²) >= 11 is 0. The summed E-state index contributed by atoms with van der Waals surface area (Å²) in [5, 5.41) is 20.6. The number of fused-ring (bicyclic) bond motifs is 1. The molecule has 4 heterocycles. The highest BCUT2D eigenvalue weighted by atomic mass is 19.1. The highest BCUT2D eigenvalue weighted by molar-refractivity contribution is 6.07. The fourth-order valence-corrected chi connectivity index (χ4v) is 4.33. The van der Waals surface area contributed by atoms with E-state index in [1.165, 1.54) is 12.1 Å². The second-order valence-corrected chi connectivity index (χ2v) is 7.94. The van der Waals surface area contributed by atoms with E-state index in [-0.39, 0.29) is 11.5 Å². The first-order chi connectivity index (χ1) is 14.5. The van der Waals surface area contributed by atoms with E-state index < -0.39 is 11.6 Å². The molecule has 1 atom stereocenters. The van der Waals surface area contributed by atoms with Crippen molar-refractivity contribution >= 4 is 16.9 Å². The summed E-state index contributed by atoms with van der Waals surface area (Å²) in [6.07, 6.45) is 0.778. The standard InChI is InChI=1S/C21H22FN5O3/c1-12-18-14(20(29)27-6-4-21(11-27)10-23-5-7-30-21)9-16(24-19(18)26-25-12)13-2-3-17(28)15(22)8-13/h2-3,8-9,23,28H,4-7,10-11H2,1H3,(H,24,25,26). The molecule has 2 saturated heterocycles. The van der Waals surface area contributed by atoms with Crippen molar-refractivity contribution in [1.29, 1.82) is 0 Å². The van der Waals surface area contributed by atoms with Crippen LogP contribution in [0.3, 0.4) is 0 Å². The van der Waals surface area contributed by atoms with Gasteiger partial charge in [0.05, 0.1) is 41.1 Å². The molecule has 3 N–H and O–H groups in total. The first kappa shape index (κ1) is 19.0. The fourth-order valence-electron chi connectivity index (χ4n) is 4.33. The number of hydrogen-bond donors (Lipinski definition) is 3. The van der Waals surface area contributed by atoms with Crippen LogP contribution in [0.2, 0.25) is 0 Å². The van der Waals surface area contributed by atoms with Crippen molar-refractivity contribution in [2.24, 2.45) is 0 Å². The summed E-state index contributed by atoms with van der Waals surface area (Å²) in [5.41, 5.74) is 2.16. The molecule has 0 saturated carbocycles. The third-order valence-corrected chi connectivity index (χ3v) is 5.92. The lowest BCUT2D eigenvalue weighted by Crippen LogP contribution is -2.51. The Bertz CT molecular complexity index is 1140.